The first-order valence-corrected chi connectivity index (χ1v) is 11.3. The van der Waals surface area contributed by atoms with Crippen molar-refractivity contribution in [2.24, 2.45) is 0 Å². The Morgan fingerprint density at radius 3 is 2.88 bits per heavy atom. The van der Waals surface area contributed by atoms with Gasteiger partial charge in [-0.3, -0.25) is 4.98 Å². The first-order chi connectivity index (χ1) is 15.4. The molecular formula is C25H31N5O2. The largest absolute Gasteiger partial charge is 0.444 e. The van der Waals surface area contributed by atoms with Gasteiger partial charge in [0.25, 0.3) is 0 Å². The molecule has 2 N–H and O–H groups in total. The van der Waals surface area contributed by atoms with Gasteiger partial charge in [-0.25, -0.2) is 14.8 Å². The summed E-state index contributed by atoms with van der Waals surface area (Å²) in [7, 11) is 0. The third-order valence-corrected chi connectivity index (χ3v) is 5.52. The van der Waals surface area contributed by atoms with E-state index in [0.29, 0.717) is 6.54 Å². The van der Waals surface area contributed by atoms with Crippen molar-refractivity contribution in [2.45, 2.75) is 64.5 Å². The number of hydrogen-bond acceptors (Lipinski definition) is 6. The predicted octanol–water partition coefficient (Wildman–Crippen LogP) is 4.97. The summed E-state index contributed by atoms with van der Waals surface area (Å²) in [5.41, 5.74) is 4.95. The molecule has 0 radical (unpaired) electrons. The van der Waals surface area contributed by atoms with Crippen LogP contribution in [-0.2, 0) is 17.6 Å². The zero-order valence-electron chi connectivity index (χ0n) is 19.0. The number of rotatable bonds is 6. The maximum absolute atomic E-state index is 11.8. The highest BCUT2D eigenvalue weighted by Gasteiger charge is 2.21. The quantitative estimate of drug-likeness (QED) is 0.534. The molecule has 0 saturated carbocycles. The number of nitrogens with zero attached hydrogens (tertiary/aromatic N) is 3. The van der Waals surface area contributed by atoms with Gasteiger partial charge in [0.15, 0.2) is 5.82 Å². The van der Waals surface area contributed by atoms with E-state index in [1.807, 2.05) is 27.0 Å². The Balaban J connectivity index is 1.39. The lowest BCUT2D eigenvalue weighted by Gasteiger charge is -2.27. The van der Waals surface area contributed by atoms with E-state index in [9.17, 15) is 4.79 Å². The molecule has 4 rings (SSSR count). The van der Waals surface area contributed by atoms with Crippen molar-refractivity contribution in [2.75, 3.05) is 11.9 Å². The van der Waals surface area contributed by atoms with Crippen LogP contribution < -0.4 is 10.6 Å². The summed E-state index contributed by atoms with van der Waals surface area (Å²) in [6, 6.07) is 10.9. The minimum atomic E-state index is -0.489. The zero-order valence-corrected chi connectivity index (χ0v) is 19.0. The predicted molar refractivity (Wildman–Crippen MR) is 126 cm³/mol. The van der Waals surface area contributed by atoms with Crippen LogP contribution in [0, 0.1) is 0 Å². The fourth-order valence-electron chi connectivity index (χ4n) is 4.09. The molecule has 0 saturated heterocycles. The van der Waals surface area contributed by atoms with E-state index in [4.69, 9.17) is 4.74 Å². The van der Waals surface area contributed by atoms with Crippen molar-refractivity contribution in [1.29, 1.82) is 0 Å². The average molecular weight is 434 g/mol. The molecule has 1 aliphatic carbocycles. The van der Waals surface area contributed by atoms with Crippen LogP contribution in [0.3, 0.4) is 0 Å². The topological polar surface area (TPSA) is 89.0 Å². The Kier molecular flexibility index (Phi) is 6.53. The third kappa shape index (κ3) is 5.52. The molecule has 2 aromatic heterocycles. The van der Waals surface area contributed by atoms with Gasteiger partial charge in [0.2, 0.25) is 0 Å². The summed E-state index contributed by atoms with van der Waals surface area (Å²) in [6.07, 6.45) is 8.03. The van der Waals surface area contributed by atoms with Crippen LogP contribution in [0.5, 0.6) is 0 Å². The van der Waals surface area contributed by atoms with Gasteiger partial charge >= 0.3 is 6.09 Å². The smallest absolute Gasteiger partial charge is 0.407 e. The van der Waals surface area contributed by atoms with Crippen LogP contribution in [0.4, 0.5) is 10.6 Å². The maximum Gasteiger partial charge on any atom is 0.407 e. The number of alkyl carbamates (subject to hydrolysis) is 1. The average Bonchev–Trinajstić information content (AvgIpc) is 2.76. The number of aryl methyl sites for hydroxylation is 2. The molecule has 0 aliphatic heterocycles. The van der Waals surface area contributed by atoms with E-state index in [2.05, 4.69) is 55.9 Å². The van der Waals surface area contributed by atoms with Gasteiger partial charge in [0, 0.05) is 12.7 Å². The number of benzene rings is 1. The summed E-state index contributed by atoms with van der Waals surface area (Å²) in [4.78, 5) is 25.3. The molecule has 32 heavy (non-hydrogen) atoms. The molecular weight excluding hydrogens is 402 g/mol. The first-order valence-electron chi connectivity index (χ1n) is 11.3. The molecule has 1 aliphatic rings. The molecule has 7 nitrogen and oxygen atoms in total. The zero-order chi connectivity index (χ0) is 22.6. The Labute approximate surface area is 189 Å². The SMILES string of the molecule is CC(C)(C)OC(=O)NCCCc1cnc2c(N[C@H]3CCCc4ccccc43)ncnc2c1. The van der Waals surface area contributed by atoms with Crippen LogP contribution in [0.15, 0.2) is 42.9 Å². The monoisotopic (exact) mass is 433 g/mol. The van der Waals surface area contributed by atoms with E-state index >= 15 is 0 Å². The van der Waals surface area contributed by atoms with Gasteiger partial charge in [0.05, 0.1) is 11.6 Å². The van der Waals surface area contributed by atoms with Crippen LogP contribution in [0.1, 0.15) is 62.8 Å². The Bertz CT molecular complexity index is 1090. The van der Waals surface area contributed by atoms with Crippen molar-refractivity contribution >= 4 is 22.9 Å². The molecule has 1 atom stereocenters. The number of nitrogens with one attached hydrogen (secondary N) is 2. The number of amides is 1. The number of fused-ring (bicyclic) bond motifs is 2. The Hall–Kier alpha value is -3.22. The van der Waals surface area contributed by atoms with Crippen LogP contribution in [0.25, 0.3) is 11.0 Å². The van der Waals surface area contributed by atoms with Crippen molar-refractivity contribution in [3.05, 3.63) is 59.5 Å². The summed E-state index contributed by atoms with van der Waals surface area (Å²) in [5, 5.41) is 6.40. The lowest BCUT2D eigenvalue weighted by atomic mass is 9.88. The van der Waals surface area contributed by atoms with Crippen molar-refractivity contribution < 1.29 is 9.53 Å². The van der Waals surface area contributed by atoms with Crippen molar-refractivity contribution in [1.82, 2.24) is 20.3 Å². The highest BCUT2D eigenvalue weighted by Crippen LogP contribution is 2.33. The number of aromatic nitrogens is 3. The van der Waals surface area contributed by atoms with Gasteiger partial charge in [-0.15, -0.1) is 0 Å². The number of hydrogen-bond donors (Lipinski definition) is 2. The fourth-order valence-corrected chi connectivity index (χ4v) is 4.09. The number of carbonyl (C=O) groups excluding carboxylic acids is 1. The lowest BCUT2D eigenvalue weighted by Crippen LogP contribution is -2.33. The Morgan fingerprint density at radius 2 is 2.03 bits per heavy atom. The molecule has 3 aromatic rings. The second-order valence-corrected chi connectivity index (χ2v) is 9.25. The summed E-state index contributed by atoms with van der Waals surface area (Å²) < 4.78 is 5.26. The van der Waals surface area contributed by atoms with Crippen molar-refractivity contribution in [3.8, 4) is 0 Å². The fraction of sp³-hybridized carbons (Fsp3) is 0.440. The molecule has 1 amide bonds. The molecule has 168 valence electrons. The van der Waals surface area contributed by atoms with Gasteiger partial charge in [-0.1, -0.05) is 24.3 Å². The highest BCUT2D eigenvalue weighted by atomic mass is 16.6. The minimum absolute atomic E-state index is 0.235. The van der Waals surface area contributed by atoms with Crippen LogP contribution >= 0.6 is 0 Å². The summed E-state index contributed by atoms with van der Waals surface area (Å²) in [5.74, 6) is 0.773. The molecule has 2 heterocycles. The lowest BCUT2D eigenvalue weighted by molar-refractivity contribution is 0.0527. The molecule has 0 unspecified atom stereocenters. The van der Waals surface area contributed by atoms with Crippen LogP contribution in [0.2, 0.25) is 0 Å². The number of ether oxygens (including phenoxy) is 1. The second-order valence-electron chi connectivity index (χ2n) is 9.25. The summed E-state index contributed by atoms with van der Waals surface area (Å²) >= 11 is 0. The Morgan fingerprint density at radius 1 is 1.19 bits per heavy atom. The highest BCUT2D eigenvalue weighted by molar-refractivity contribution is 5.85. The minimum Gasteiger partial charge on any atom is -0.444 e. The van der Waals surface area contributed by atoms with E-state index in [1.165, 1.54) is 11.1 Å². The molecule has 1 aromatic carbocycles. The number of carbonyl (C=O) groups is 1. The van der Waals surface area contributed by atoms with E-state index < -0.39 is 5.60 Å². The third-order valence-electron chi connectivity index (χ3n) is 5.52. The van der Waals surface area contributed by atoms with Gasteiger partial charge in [0.1, 0.15) is 17.4 Å². The second kappa shape index (κ2) is 9.51. The standard InChI is InChI=1S/C25H31N5O2/c1-25(2,3)32-24(31)26-13-7-8-17-14-21-22(27-15-17)23(29-16-28-21)30-20-12-6-10-18-9-4-5-11-19(18)20/h4-5,9,11,14-16,20H,6-8,10,12-13H2,1-3H3,(H,26,31)(H,28,29,30)/t20-/m0/s1. The molecule has 0 bridgehead atoms. The first kappa shape index (κ1) is 22.0. The molecule has 0 fully saturated rings. The van der Waals surface area contributed by atoms with E-state index in [-0.39, 0.29) is 12.1 Å². The maximum atomic E-state index is 11.8. The van der Waals surface area contributed by atoms with Gasteiger partial charge in [-0.05, 0) is 75.6 Å². The van der Waals surface area contributed by atoms with Crippen LogP contribution in [-0.4, -0.2) is 33.2 Å². The number of pyridine rings is 1. The van der Waals surface area contributed by atoms with Crippen molar-refractivity contribution in [3.63, 3.8) is 0 Å². The summed E-state index contributed by atoms with van der Waals surface area (Å²) in [6.45, 7) is 6.10. The van der Waals surface area contributed by atoms with Gasteiger partial charge < -0.3 is 15.4 Å². The molecule has 7 heteroatoms. The van der Waals surface area contributed by atoms with E-state index in [1.54, 1.807) is 6.33 Å². The molecule has 0 spiro atoms. The van der Waals surface area contributed by atoms with Gasteiger partial charge in [-0.2, -0.15) is 0 Å². The number of anilines is 1. The van der Waals surface area contributed by atoms with E-state index in [0.717, 1.165) is 54.5 Å². The normalized spacial score (nSPS) is 15.8.